The predicted molar refractivity (Wildman–Crippen MR) is 217 cm³/mol. The maximum absolute atomic E-state index is 15.7. The lowest BCUT2D eigenvalue weighted by atomic mass is 9.48. The van der Waals surface area contributed by atoms with Crippen LogP contribution in [0.25, 0.3) is 0 Å². The van der Waals surface area contributed by atoms with Gasteiger partial charge in [-0.2, -0.15) is 35.1 Å². The van der Waals surface area contributed by atoms with E-state index in [0.29, 0.717) is 43.5 Å². The minimum atomic E-state index is -7.33. The number of benzene rings is 2. The molecule has 3 unspecified atom stereocenters. The molecule has 0 radical (unpaired) electrons. The third-order valence-corrected chi connectivity index (χ3v) is 17.1. The summed E-state index contributed by atoms with van der Waals surface area (Å²) in [5.74, 6) is -38.9. The van der Waals surface area contributed by atoms with E-state index in [4.69, 9.17) is 18.9 Å². The number of rotatable bonds is 12. The summed E-state index contributed by atoms with van der Waals surface area (Å²) in [5, 5.41) is 12.3. The quantitative estimate of drug-likeness (QED) is 0.100. The van der Waals surface area contributed by atoms with Crippen LogP contribution in [0.3, 0.4) is 0 Å². The number of Topliss-reactive ketones (excluding diaryl/α,β-unsaturated/α-hetero) is 2. The molecule has 0 aromatic heterocycles. The fourth-order valence-electron chi connectivity index (χ4n) is 14.1. The second-order valence-electron chi connectivity index (χ2n) is 19.6. The fourth-order valence-corrected chi connectivity index (χ4v) is 14.1. The summed E-state index contributed by atoms with van der Waals surface area (Å²) in [7, 11) is 1.48. The van der Waals surface area contributed by atoms with Gasteiger partial charge >= 0.3 is 35.6 Å². The number of ketones is 2. The smallest absolute Gasteiger partial charge is 0.411 e. The van der Waals surface area contributed by atoms with Gasteiger partial charge in [0.2, 0.25) is 0 Å². The molecule has 11 nitrogen and oxygen atoms in total. The van der Waals surface area contributed by atoms with E-state index < -0.39 is 110 Å². The molecule has 3 saturated carbocycles. The van der Waals surface area contributed by atoms with E-state index in [9.17, 15) is 24.3 Å². The molecule has 3 heterocycles. The van der Waals surface area contributed by atoms with Crippen LogP contribution in [0, 0.1) is 17.8 Å². The van der Waals surface area contributed by atoms with Gasteiger partial charge in [0.1, 0.15) is 0 Å². The Bertz CT molecular complexity index is 2550. The SMILES string of the molecule is C=CCC1CCC23c4c5ccc(OC(=O)C(F)(F)C(F)(F)C(F)(F)C(F)(F)C(=O)Oc6ccc7c8c6O[C@H]6C(=O)CC[C@@]9(O)[C@@H](C7)N(CC=C)CC[C@]869)c4O[C@H]2C(=O)CC[C@@]3(OC)[C@@H](C5)C1C. The molecule has 360 valence electrons. The van der Waals surface area contributed by atoms with Crippen LogP contribution < -0.4 is 18.9 Å². The van der Waals surface area contributed by atoms with Crippen molar-refractivity contribution in [3.05, 3.63) is 71.8 Å². The number of halogens is 8. The van der Waals surface area contributed by atoms with Gasteiger partial charge in [0.25, 0.3) is 0 Å². The Balaban J connectivity index is 0.942. The van der Waals surface area contributed by atoms with Crippen molar-refractivity contribution in [1.29, 1.82) is 0 Å². The van der Waals surface area contributed by atoms with Crippen LogP contribution in [0.2, 0.25) is 0 Å². The van der Waals surface area contributed by atoms with Crippen LogP contribution in [-0.2, 0) is 47.6 Å². The lowest BCUT2D eigenvalue weighted by Crippen LogP contribution is -2.76. The van der Waals surface area contributed by atoms with Crippen LogP contribution in [-0.4, -0.2) is 107 Å². The first-order valence-corrected chi connectivity index (χ1v) is 22.4. The zero-order valence-corrected chi connectivity index (χ0v) is 36.4. The van der Waals surface area contributed by atoms with Crippen LogP contribution in [0.15, 0.2) is 49.6 Å². The van der Waals surface area contributed by atoms with Gasteiger partial charge in [0, 0.05) is 50.2 Å². The van der Waals surface area contributed by atoms with Gasteiger partial charge in [0.05, 0.1) is 22.0 Å². The van der Waals surface area contributed by atoms with Crippen molar-refractivity contribution in [2.45, 2.75) is 135 Å². The Labute approximate surface area is 378 Å². The third-order valence-electron chi connectivity index (χ3n) is 17.1. The van der Waals surface area contributed by atoms with Crippen molar-refractivity contribution in [1.82, 2.24) is 4.90 Å². The highest BCUT2D eigenvalue weighted by Gasteiger charge is 2.86. The maximum Gasteiger partial charge on any atom is 0.411 e. The normalized spacial score (nSPS) is 34.8. The van der Waals surface area contributed by atoms with Gasteiger partial charge in [0.15, 0.2) is 46.8 Å². The fraction of sp³-hybridized carbons (Fsp3) is 0.583. The zero-order valence-electron chi connectivity index (χ0n) is 36.4. The molecule has 10 rings (SSSR count). The molecule has 0 amide bonds. The van der Waals surface area contributed by atoms with Crippen molar-refractivity contribution in [3.63, 3.8) is 0 Å². The average Bonchev–Trinajstić information content (AvgIpc) is 3.83. The minimum Gasteiger partial charge on any atom is -0.477 e. The van der Waals surface area contributed by atoms with Gasteiger partial charge < -0.3 is 28.8 Å². The Morgan fingerprint density at radius 3 is 1.88 bits per heavy atom. The molecule has 2 aromatic rings. The number of hydrogen-bond donors (Lipinski definition) is 1. The molecule has 1 N–H and O–H groups in total. The van der Waals surface area contributed by atoms with Gasteiger partial charge in [-0.25, -0.2) is 9.59 Å². The number of aliphatic hydroxyl groups is 1. The Kier molecular flexibility index (Phi) is 9.98. The molecule has 4 bridgehead atoms. The first kappa shape index (κ1) is 45.9. The first-order chi connectivity index (χ1) is 31.5. The van der Waals surface area contributed by atoms with Crippen molar-refractivity contribution in [2.24, 2.45) is 17.8 Å². The number of carbonyl (C=O) groups is 4. The molecule has 10 atom stereocenters. The molecule has 2 spiro atoms. The van der Waals surface area contributed by atoms with E-state index in [2.05, 4.69) is 24.8 Å². The lowest BCUT2D eigenvalue weighted by molar-refractivity contribution is -0.352. The van der Waals surface area contributed by atoms with E-state index >= 15 is 35.1 Å². The largest absolute Gasteiger partial charge is 0.477 e. The topological polar surface area (TPSA) is 138 Å². The van der Waals surface area contributed by atoms with E-state index in [-0.39, 0.29) is 73.8 Å². The molecule has 19 heteroatoms. The van der Waals surface area contributed by atoms with Crippen LogP contribution in [0.1, 0.15) is 80.5 Å². The van der Waals surface area contributed by atoms with Gasteiger partial charge in [-0.3, -0.25) is 14.5 Å². The highest BCUT2D eigenvalue weighted by atomic mass is 19.4. The van der Waals surface area contributed by atoms with E-state index in [1.54, 1.807) is 12.2 Å². The standard InChI is InChI=1S/C48H47F8NO10/c1-5-7-24-12-15-42-34-25-8-10-31(36(34)67-38(42)29(59)14-17-44(42,63-4)27(21-25)23(24)3)65-40(61)46(51,52)48(55,56)47(53,54)45(49,50)39(60)64-30-11-9-26-22-32-43(62)16-13-28(58)37-41(43,33(26)35(30)66-37)18-20-57(32)19-6-2/h5-6,8-11,23-24,27,32,37-38,62H,1-2,7,12-22H2,3-4H3/t23?,24?,27-,32+,37-,38-,41-,42?,43+,44+/m0/s1. The van der Waals surface area contributed by atoms with Crippen molar-refractivity contribution in [3.8, 4) is 23.0 Å². The monoisotopic (exact) mass is 949 g/mol. The summed E-state index contributed by atoms with van der Waals surface area (Å²) in [6.07, 6.45) is 2.69. The average molecular weight is 950 g/mol. The molecule has 4 fully saturated rings. The Morgan fingerprint density at radius 1 is 0.791 bits per heavy atom. The van der Waals surface area contributed by atoms with Crippen molar-refractivity contribution >= 4 is 23.5 Å². The summed E-state index contributed by atoms with van der Waals surface area (Å²) in [6.45, 7) is 10.4. The van der Waals surface area contributed by atoms with Gasteiger partial charge in [-0.05, 0) is 92.4 Å². The third kappa shape index (κ3) is 5.39. The number of allylic oxidation sites excluding steroid dienone is 1. The lowest BCUT2D eigenvalue weighted by Gasteiger charge is -2.62. The van der Waals surface area contributed by atoms with Gasteiger partial charge in [-0.1, -0.05) is 31.2 Å². The molecule has 1 saturated heterocycles. The van der Waals surface area contributed by atoms with E-state index in [1.165, 1.54) is 19.2 Å². The number of piperidine rings is 1. The van der Waals surface area contributed by atoms with Crippen molar-refractivity contribution < 1.29 is 83.1 Å². The molecule has 67 heavy (non-hydrogen) atoms. The molecular weight excluding hydrogens is 903 g/mol. The summed E-state index contributed by atoms with van der Waals surface area (Å²) < 4.78 is 153. The highest BCUT2D eigenvalue weighted by Crippen LogP contribution is 2.69. The highest BCUT2D eigenvalue weighted by molar-refractivity contribution is 5.92. The molecule has 8 aliphatic rings. The maximum atomic E-state index is 15.7. The summed E-state index contributed by atoms with van der Waals surface area (Å²) in [5.41, 5.74) is -4.10. The molecule has 5 aliphatic carbocycles. The van der Waals surface area contributed by atoms with Crippen LogP contribution in [0.5, 0.6) is 23.0 Å². The number of carbonyl (C=O) groups excluding carboxylic acids is 4. The second kappa shape index (κ2) is 14.6. The van der Waals surface area contributed by atoms with E-state index in [0.717, 1.165) is 12.1 Å². The molecule has 3 aliphatic heterocycles. The molecular formula is C48H47F8NO10. The number of esters is 2. The number of likely N-dealkylation sites (tertiary alicyclic amines) is 1. The summed E-state index contributed by atoms with van der Waals surface area (Å²) >= 11 is 0. The number of hydrogen-bond acceptors (Lipinski definition) is 11. The summed E-state index contributed by atoms with van der Waals surface area (Å²) in [6, 6.07) is 3.81. The predicted octanol–water partition coefficient (Wildman–Crippen LogP) is 7.19. The van der Waals surface area contributed by atoms with E-state index in [1.807, 2.05) is 4.90 Å². The number of ether oxygens (including phenoxy) is 5. The number of alkyl halides is 8. The van der Waals surface area contributed by atoms with Crippen LogP contribution >= 0.6 is 0 Å². The second-order valence-corrected chi connectivity index (χ2v) is 19.6. The Morgan fingerprint density at radius 2 is 1.33 bits per heavy atom. The van der Waals surface area contributed by atoms with Crippen LogP contribution in [0.4, 0.5) is 35.1 Å². The number of nitrogens with zero attached hydrogens (tertiary/aromatic N) is 1. The summed E-state index contributed by atoms with van der Waals surface area (Å²) in [4.78, 5) is 55.1. The van der Waals surface area contributed by atoms with Gasteiger partial charge in [-0.15, -0.1) is 13.2 Å². The minimum absolute atomic E-state index is 0.00902. The number of methoxy groups -OCH3 is 1. The zero-order chi connectivity index (χ0) is 48.2. The Hall–Kier alpha value is -4.88. The first-order valence-electron chi connectivity index (χ1n) is 22.4. The van der Waals surface area contributed by atoms with Crippen molar-refractivity contribution in [2.75, 3.05) is 20.2 Å². The molecule has 2 aromatic carbocycles.